The number of nitrogens with one attached hydrogen (secondary N) is 1. The summed E-state index contributed by atoms with van der Waals surface area (Å²) in [7, 11) is -4.07. The number of amides is 1. The molecular weight excluding hydrogens is 457 g/mol. The Hall–Kier alpha value is -2.87. The molecule has 1 heterocycles. The summed E-state index contributed by atoms with van der Waals surface area (Å²) in [6.45, 7) is 2.33. The number of aryl methyl sites for hydroxylation is 1. The molecule has 0 bridgehead atoms. The van der Waals surface area contributed by atoms with Crippen molar-refractivity contribution < 1.29 is 13.2 Å². The number of sulfonamides is 1. The first-order chi connectivity index (χ1) is 14.7. The van der Waals surface area contributed by atoms with Crippen LogP contribution in [0.15, 0.2) is 71.6 Å². The van der Waals surface area contributed by atoms with Crippen molar-refractivity contribution in [3.05, 3.63) is 93.7 Å². The highest BCUT2D eigenvalue weighted by Crippen LogP contribution is 2.23. The molecule has 1 N–H and O–H groups in total. The largest absolute Gasteiger partial charge is 0.324 e. The molecule has 0 radical (unpaired) electrons. The quantitative estimate of drug-likeness (QED) is 0.450. The Morgan fingerprint density at radius 2 is 1.81 bits per heavy atom. The number of hydrogen-bond acceptors (Lipinski definition) is 4. The van der Waals surface area contributed by atoms with E-state index in [1.165, 1.54) is 24.3 Å². The molecule has 0 aliphatic carbocycles. The summed E-state index contributed by atoms with van der Waals surface area (Å²) in [6.07, 6.45) is 0. The number of nitrogens with zero attached hydrogens (tertiary/aromatic N) is 2. The molecule has 4 rings (SSSR count). The normalized spacial score (nSPS) is 11.6. The first kappa shape index (κ1) is 21.4. The molecule has 1 amide bonds. The minimum absolute atomic E-state index is 0.0889. The smallest absolute Gasteiger partial charge is 0.265 e. The number of aromatic nitrogens is 2. The van der Waals surface area contributed by atoms with Gasteiger partial charge in [-0.05, 0) is 55.0 Å². The summed E-state index contributed by atoms with van der Waals surface area (Å²) in [5, 5.41) is 0.890. The van der Waals surface area contributed by atoms with E-state index in [1.54, 1.807) is 18.2 Å². The van der Waals surface area contributed by atoms with Gasteiger partial charge in [-0.2, -0.15) is 0 Å². The summed E-state index contributed by atoms with van der Waals surface area (Å²) in [5.74, 6) is 0.00375. The van der Waals surface area contributed by atoms with E-state index in [2.05, 4.69) is 9.71 Å². The van der Waals surface area contributed by atoms with Gasteiger partial charge in [0.25, 0.3) is 15.9 Å². The first-order valence-corrected chi connectivity index (χ1v) is 11.5. The van der Waals surface area contributed by atoms with Crippen LogP contribution in [0.2, 0.25) is 10.0 Å². The second-order valence-electron chi connectivity index (χ2n) is 6.93. The van der Waals surface area contributed by atoms with E-state index in [4.69, 9.17) is 23.2 Å². The van der Waals surface area contributed by atoms with Crippen LogP contribution in [0, 0.1) is 6.92 Å². The molecule has 0 saturated carbocycles. The summed E-state index contributed by atoms with van der Waals surface area (Å²) in [5.41, 5.74) is 2.49. The van der Waals surface area contributed by atoms with Gasteiger partial charge in [-0.15, -0.1) is 0 Å². The van der Waals surface area contributed by atoms with Gasteiger partial charge in [0.2, 0.25) is 0 Å². The lowest BCUT2D eigenvalue weighted by Crippen LogP contribution is -2.30. The van der Waals surface area contributed by atoms with Gasteiger partial charge in [0.1, 0.15) is 5.82 Å². The van der Waals surface area contributed by atoms with E-state index in [9.17, 15) is 13.2 Å². The minimum atomic E-state index is -4.07. The Kier molecular flexibility index (Phi) is 5.75. The zero-order chi connectivity index (χ0) is 22.2. The van der Waals surface area contributed by atoms with E-state index in [0.29, 0.717) is 22.6 Å². The molecule has 0 atom stereocenters. The second-order valence-corrected chi connectivity index (χ2v) is 9.46. The molecular formula is C22H17Cl2N3O3S. The van der Waals surface area contributed by atoms with Gasteiger partial charge >= 0.3 is 0 Å². The second kappa shape index (κ2) is 8.34. The fraction of sp³-hybridized carbons (Fsp3) is 0.0909. The van der Waals surface area contributed by atoms with Crippen molar-refractivity contribution in [2.24, 2.45) is 0 Å². The van der Waals surface area contributed by atoms with Gasteiger partial charge in [0.05, 0.1) is 22.5 Å². The van der Waals surface area contributed by atoms with Crippen LogP contribution in [0.4, 0.5) is 0 Å². The van der Waals surface area contributed by atoms with Crippen LogP contribution >= 0.6 is 23.2 Å². The van der Waals surface area contributed by atoms with Crippen molar-refractivity contribution >= 4 is 50.2 Å². The van der Waals surface area contributed by atoms with Gasteiger partial charge in [-0.25, -0.2) is 18.1 Å². The molecule has 0 saturated heterocycles. The number of imidazole rings is 1. The van der Waals surface area contributed by atoms with Crippen LogP contribution in [-0.4, -0.2) is 23.9 Å². The van der Waals surface area contributed by atoms with Crippen molar-refractivity contribution in [2.45, 2.75) is 18.4 Å². The lowest BCUT2D eigenvalue weighted by atomic mass is 10.2. The maximum absolute atomic E-state index is 12.7. The Morgan fingerprint density at radius 3 is 2.55 bits per heavy atom. The lowest BCUT2D eigenvalue weighted by Gasteiger charge is -2.10. The number of benzene rings is 3. The van der Waals surface area contributed by atoms with Gasteiger partial charge in [0.15, 0.2) is 0 Å². The first-order valence-electron chi connectivity index (χ1n) is 9.27. The summed E-state index contributed by atoms with van der Waals surface area (Å²) in [6, 6.07) is 18.0. The molecule has 4 aromatic rings. The maximum Gasteiger partial charge on any atom is 0.265 e. The van der Waals surface area contributed by atoms with Crippen LogP contribution in [0.25, 0.3) is 11.0 Å². The predicted molar refractivity (Wildman–Crippen MR) is 121 cm³/mol. The van der Waals surface area contributed by atoms with E-state index in [-0.39, 0.29) is 15.5 Å². The number of carbonyl (C=O) groups is 1. The molecule has 1 aromatic heterocycles. The third-order valence-corrected chi connectivity index (χ3v) is 6.75. The maximum atomic E-state index is 12.7. The van der Waals surface area contributed by atoms with Gasteiger partial charge in [-0.3, -0.25) is 4.79 Å². The molecule has 6 nitrogen and oxygen atoms in total. The van der Waals surface area contributed by atoms with E-state index >= 15 is 0 Å². The number of carbonyl (C=O) groups excluding carboxylic acids is 1. The van der Waals surface area contributed by atoms with E-state index < -0.39 is 15.9 Å². The number of fused-ring (bicyclic) bond motifs is 1. The third kappa shape index (κ3) is 4.44. The lowest BCUT2D eigenvalue weighted by molar-refractivity contribution is 0.0981. The van der Waals surface area contributed by atoms with Crippen LogP contribution in [0.3, 0.4) is 0 Å². The highest BCUT2D eigenvalue weighted by molar-refractivity contribution is 7.90. The number of halogens is 2. The van der Waals surface area contributed by atoms with Gasteiger partial charge < -0.3 is 4.57 Å². The van der Waals surface area contributed by atoms with Crippen LogP contribution in [0.5, 0.6) is 0 Å². The highest BCUT2D eigenvalue weighted by atomic mass is 35.5. The number of rotatable bonds is 5. The Labute approximate surface area is 189 Å². The zero-order valence-electron chi connectivity index (χ0n) is 16.3. The van der Waals surface area contributed by atoms with Crippen molar-refractivity contribution in [2.75, 3.05) is 0 Å². The summed E-state index contributed by atoms with van der Waals surface area (Å²) >= 11 is 12.2. The number of hydrogen-bond donors (Lipinski definition) is 1. The third-order valence-electron chi connectivity index (χ3n) is 4.82. The van der Waals surface area contributed by atoms with Crippen molar-refractivity contribution in [3.63, 3.8) is 0 Å². The fourth-order valence-electron chi connectivity index (χ4n) is 3.25. The van der Waals surface area contributed by atoms with Gasteiger partial charge in [-0.1, -0.05) is 47.5 Å². The molecule has 0 aliphatic heterocycles. The van der Waals surface area contributed by atoms with Crippen LogP contribution in [0.1, 0.15) is 21.7 Å². The molecule has 0 aliphatic rings. The Morgan fingerprint density at radius 1 is 1.03 bits per heavy atom. The van der Waals surface area contributed by atoms with Crippen molar-refractivity contribution in [1.29, 1.82) is 0 Å². The van der Waals surface area contributed by atoms with Gasteiger partial charge in [0, 0.05) is 15.6 Å². The van der Waals surface area contributed by atoms with E-state index in [1.807, 2.05) is 35.8 Å². The topological polar surface area (TPSA) is 81.1 Å². The molecule has 158 valence electrons. The zero-order valence-corrected chi connectivity index (χ0v) is 18.7. The van der Waals surface area contributed by atoms with Crippen molar-refractivity contribution in [3.8, 4) is 0 Å². The van der Waals surface area contributed by atoms with Crippen molar-refractivity contribution in [1.82, 2.24) is 14.3 Å². The molecule has 31 heavy (non-hydrogen) atoms. The predicted octanol–water partition coefficient (Wildman–Crippen LogP) is 4.82. The molecule has 0 fully saturated rings. The molecule has 3 aromatic carbocycles. The van der Waals surface area contributed by atoms with Crippen LogP contribution in [-0.2, 0) is 16.6 Å². The average Bonchev–Trinajstić information content (AvgIpc) is 3.04. The molecule has 0 unspecified atom stereocenters. The van der Waals surface area contributed by atoms with E-state index in [0.717, 1.165) is 11.4 Å². The molecule has 0 spiro atoms. The SMILES string of the molecule is Cc1nc2ccc(C(=O)NS(=O)(=O)c3cccc(Cl)c3)cc2n1Cc1ccccc1Cl. The fourth-order valence-corrected chi connectivity index (χ4v) is 4.73. The standard InChI is InChI=1S/C22H17Cl2N3O3S/c1-14-25-20-10-9-15(11-21(20)27(14)13-16-5-2-3-8-19(16)24)22(28)26-31(29,30)18-7-4-6-17(23)12-18/h2-12H,13H2,1H3,(H,26,28). The summed E-state index contributed by atoms with van der Waals surface area (Å²) in [4.78, 5) is 17.2. The average molecular weight is 474 g/mol. The summed E-state index contributed by atoms with van der Waals surface area (Å²) < 4.78 is 29.1. The van der Waals surface area contributed by atoms with Crippen LogP contribution < -0.4 is 4.72 Å². The molecule has 9 heteroatoms. The monoisotopic (exact) mass is 473 g/mol. The Balaban J connectivity index is 1.67. The minimum Gasteiger partial charge on any atom is -0.324 e. The Bertz CT molecular complexity index is 1410. The highest BCUT2D eigenvalue weighted by Gasteiger charge is 2.20.